The molecular weight excluding hydrogens is 433 g/mol. The number of fused-ring (bicyclic) bond motifs is 2. The fraction of sp³-hybridized carbons (Fsp3) is 0.167. The van der Waals surface area contributed by atoms with Gasteiger partial charge in [-0.3, -0.25) is 0 Å². The Hall–Kier alpha value is -4.01. The molecule has 0 aliphatic carbocycles. The molecule has 9 heteroatoms. The molecule has 0 saturated carbocycles. The number of benzene rings is 2. The van der Waals surface area contributed by atoms with Crippen LogP contribution in [0.25, 0.3) is 33.3 Å². The second-order valence-corrected chi connectivity index (χ2v) is 7.63. The van der Waals surface area contributed by atoms with Gasteiger partial charge in [0, 0.05) is 28.7 Å². The molecule has 0 aliphatic heterocycles. The number of carbonyl (C=O) groups excluding carboxylic acids is 1. The predicted octanol–water partition coefficient (Wildman–Crippen LogP) is 5.80. The molecule has 5 rings (SSSR count). The Kier molecular flexibility index (Phi) is 4.77. The zero-order chi connectivity index (χ0) is 23.3. The number of aryl methyl sites for hydroxylation is 1. The molecule has 1 N–H and O–H groups in total. The SMILES string of the molecule is CCOC(=O)c1cn(-c2ccc3c(ccn3-c3[nH]c4ccccc4c3C)c2)nc1C(F)(F)F. The molecule has 0 bridgehead atoms. The van der Waals surface area contributed by atoms with Crippen LogP contribution < -0.4 is 0 Å². The fourth-order valence-electron chi connectivity index (χ4n) is 4.05. The fourth-order valence-corrected chi connectivity index (χ4v) is 4.05. The van der Waals surface area contributed by atoms with Crippen molar-refractivity contribution in [1.29, 1.82) is 0 Å². The molecule has 3 heterocycles. The van der Waals surface area contributed by atoms with Gasteiger partial charge in [0.25, 0.3) is 0 Å². The summed E-state index contributed by atoms with van der Waals surface area (Å²) in [5.74, 6) is -0.139. The maximum atomic E-state index is 13.5. The summed E-state index contributed by atoms with van der Waals surface area (Å²) in [6, 6.07) is 15.1. The molecule has 0 fully saturated rings. The van der Waals surface area contributed by atoms with Crippen molar-refractivity contribution in [2.24, 2.45) is 0 Å². The third-order valence-corrected chi connectivity index (χ3v) is 5.60. The first-order chi connectivity index (χ1) is 15.8. The Balaban J connectivity index is 1.59. The van der Waals surface area contributed by atoms with Crippen LogP contribution in [0.3, 0.4) is 0 Å². The molecule has 2 aromatic carbocycles. The van der Waals surface area contributed by atoms with Gasteiger partial charge in [0.15, 0.2) is 5.69 Å². The minimum atomic E-state index is -4.78. The first-order valence-electron chi connectivity index (χ1n) is 10.3. The molecule has 0 saturated heterocycles. The molecule has 0 radical (unpaired) electrons. The zero-order valence-electron chi connectivity index (χ0n) is 17.8. The van der Waals surface area contributed by atoms with Crippen LogP contribution in [0.1, 0.15) is 28.5 Å². The molecule has 0 aliphatic rings. The van der Waals surface area contributed by atoms with Crippen LogP contribution in [0.2, 0.25) is 0 Å². The highest BCUT2D eigenvalue weighted by molar-refractivity contribution is 5.91. The van der Waals surface area contributed by atoms with E-state index in [1.54, 1.807) is 12.1 Å². The van der Waals surface area contributed by atoms with Gasteiger partial charge < -0.3 is 14.3 Å². The summed E-state index contributed by atoms with van der Waals surface area (Å²) >= 11 is 0. The molecule has 0 unspecified atom stereocenters. The lowest BCUT2D eigenvalue weighted by atomic mass is 10.2. The van der Waals surface area contributed by atoms with Crippen molar-refractivity contribution in [3.8, 4) is 11.5 Å². The van der Waals surface area contributed by atoms with Crippen molar-refractivity contribution in [3.05, 3.63) is 77.7 Å². The van der Waals surface area contributed by atoms with Crippen LogP contribution >= 0.6 is 0 Å². The van der Waals surface area contributed by atoms with Crippen LogP contribution in [-0.4, -0.2) is 31.9 Å². The number of hydrogen-bond donors (Lipinski definition) is 1. The topological polar surface area (TPSA) is 64.8 Å². The highest BCUT2D eigenvalue weighted by Gasteiger charge is 2.40. The highest BCUT2D eigenvalue weighted by Crippen LogP contribution is 2.33. The number of ether oxygens (including phenoxy) is 1. The largest absolute Gasteiger partial charge is 0.462 e. The van der Waals surface area contributed by atoms with Crippen molar-refractivity contribution < 1.29 is 22.7 Å². The molecule has 3 aromatic heterocycles. The monoisotopic (exact) mass is 452 g/mol. The summed E-state index contributed by atoms with van der Waals surface area (Å²) < 4.78 is 48.2. The van der Waals surface area contributed by atoms with E-state index >= 15 is 0 Å². The van der Waals surface area contributed by atoms with Crippen molar-refractivity contribution in [3.63, 3.8) is 0 Å². The number of halogens is 3. The van der Waals surface area contributed by atoms with Crippen molar-refractivity contribution in [1.82, 2.24) is 19.3 Å². The number of esters is 1. The smallest absolute Gasteiger partial charge is 0.436 e. The standard InChI is InChI=1S/C24H19F3N4O2/c1-3-33-23(32)18-13-31(29-21(18)24(25,26)27)16-8-9-20-15(12-16)10-11-30(20)22-14(2)17-6-4-5-7-19(17)28-22/h4-13,28H,3H2,1-2H3. The van der Waals surface area contributed by atoms with E-state index in [0.717, 1.165) is 44.1 Å². The third kappa shape index (κ3) is 3.45. The molecule has 6 nitrogen and oxygen atoms in total. The Morgan fingerprint density at radius 1 is 1.15 bits per heavy atom. The van der Waals surface area contributed by atoms with Gasteiger partial charge in [-0.15, -0.1) is 0 Å². The highest BCUT2D eigenvalue weighted by atomic mass is 19.4. The van der Waals surface area contributed by atoms with E-state index < -0.39 is 23.4 Å². The van der Waals surface area contributed by atoms with Crippen LogP contribution in [0, 0.1) is 6.92 Å². The van der Waals surface area contributed by atoms with Crippen molar-refractivity contribution in [2.75, 3.05) is 6.61 Å². The predicted molar refractivity (Wildman–Crippen MR) is 118 cm³/mol. The Morgan fingerprint density at radius 3 is 2.67 bits per heavy atom. The van der Waals surface area contributed by atoms with Crippen LogP contribution in [0.15, 0.2) is 60.9 Å². The van der Waals surface area contributed by atoms with Gasteiger partial charge in [0.2, 0.25) is 0 Å². The van der Waals surface area contributed by atoms with Crippen LogP contribution in [-0.2, 0) is 10.9 Å². The molecule has 168 valence electrons. The molecule has 33 heavy (non-hydrogen) atoms. The maximum Gasteiger partial charge on any atom is 0.436 e. The van der Waals surface area contributed by atoms with Crippen molar-refractivity contribution in [2.45, 2.75) is 20.0 Å². The number of nitrogens with one attached hydrogen (secondary N) is 1. The van der Waals surface area contributed by atoms with E-state index in [9.17, 15) is 18.0 Å². The number of alkyl halides is 3. The number of aromatic nitrogens is 4. The molecule has 0 amide bonds. The Labute approximate surface area is 186 Å². The average molecular weight is 452 g/mol. The molecule has 5 aromatic rings. The van der Waals surface area contributed by atoms with Gasteiger partial charge in [-0.05, 0) is 49.7 Å². The number of carbonyl (C=O) groups is 1. The Bertz CT molecular complexity index is 1510. The van der Waals surface area contributed by atoms with Gasteiger partial charge in [-0.25, -0.2) is 9.48 Å². The number of nitrogens with zero attached hydrogens (tertiary/aromatic N) is 3. The van der Waals surface area contributed by atoms with Gasteiger partial charge in [-0.1, -0.05) is 18.2 Å². The summed E-state index contributed by atoms with van der Waals surface area (Å²) in [5.41, 5.74) is 1.50. The molecule has 0 atom stereocenters. The normalized spacial score (nSPS) is 12.0. The van der Waals surface area contributed by atoms with E-state index in [-0.39, 0.29) is 6.61 Å². The van der Waals surface area contributed by atoms with E-state index in [2.05, 4.69) is 10.1 Å². The second-order valence-electron chi connectivity index (χ2n) is 7.63. The van der Waals surface area contributed by atoms with E-state index in [4.69, 9.17) is 4.74 Å². The van der Waals surface area contributed by atoms with Gasteiger partial charge >= 0.3 is 12.1 Å². The summed E-state index contributed by atoms with van der Waals surface area (Å²) in [6.07, 6.45) is -1.82. The Morgan fingerprint density at radius 2 is 1.94 bits per heavy atom. The second kappa shape index (κ2) is 7.54. The first kappa shape index (κ1) is 20.9. The van der Waals surface area contributed by atoms with Gasteiger partial charge in [-0.2, -0.15) is 18.3 Å². The van der Waals surface area contributed by atoms with Crippen LogP contribution in [0.4, 0.5) is 13.2 Å². The van der Waals surface area contributed by atoms with E-state index in [1.165, 1.54) is 6.92 Å². The zero-order valence-corrected chi connectivity index (χ0v) is 17.8. The van der Waals surface area contributed by atoms with Crippen LogP contribution in [0.5, 0.6) is 0 Å². The summed E-state index contributed by atoms with van der Waals surface area (Å²) in [4.78, 5) is 15.5. The van der Waals surface area contributed by atoms with Crippen molar-refractivity contribution >= 4 is 27.8 Å². The lowest BCUT2D eigenvalue weighted by Gasteiger charge is -2.07. The summed E-state index contributed by atoms with van der Waals surface area (Å²) in [6.45, 7) is 3.53. The summed E-state index contributed by atoms with van der Waals surface area (Å²) in [5, 5.41) is 5.58. The van der Waals surface area contributed by atoms with Gasteiger partial charge in [0.05, 0.1) is 17.8 Å². The number of hydrogen-bond acceptors (Lipinski definition) is 3. The number of rotatable bonds is 4. The minimum absolute atomic E-state index is 0.0338. The van der Waals surface area contributed by atoms with E-state index in [1.807, 2.05) is 54.1 Å². The quantitative estimate of drug-likeness (QED) is 0.351. The lowest BCUT2D eigenvalue weighted by Crippen LogP contribution is -2.14. The first-order valence-corrected chi connectivity index (χ1v) is 10.3. The average Bonchev–Trinajstić information content (AvgIpc) is 3.49. The molecular formula is C24H19F3N4O2. The number of H-pyrrole nitrogens is 1. The summed E-state index contributed by atoms with van der Waals surface area (Å²) in [7, 11) is 0. The number of aromatic amines is 1. The molecule has 0 spiro atoms. The lowest BCUT2D eigenvalue weighted by molar-refractivity contribution is -0.141. The van der Waals surface area contributed by atoms with Gasteiger partial charge in [0.1, 0.15) is 11.4 Å². The number of para-hydroxylation sites is 1. The maximum absolute atomic E-state index is 13.5. The minimum Gasteiger partial charge on any atom is -0.462 e. The third-order valence-electron chi connectivity index (χ3n) is 5.60. The van der Waals surface area contributed by atoms with E-state index in [0.29, 0.717) is 5.69 Å².